The second-order valence-electron chi connectivity index (χ2n) is 5.43. The van der Waals surface area contributed by atoms with Crippen molar-refractivity contribution in [2.75, 3.05) is 0 Å². The number of aryl methyl sites for hydroxylation is 1. The van der Waals surface area contributed by atoms with Gasteiger partial charge in [0.1, 0.15) is 0 Å². The highest BCUT2D eigenvalue weighted by atomic mass is 19.2. The Hall–Kier alpha value is -1.25. The molecule has 1 aliphatic rings. The van der Waals surface area contributed by atoms with Crippen molar-refractivity contribution in [2.24, 2.45) is 11.8 Å². The summed E-state index contributed by atoms with van der Waals surface area (Å²) >= 11 is 0. The van der Waals surface area contributed by atoms with Crippen molar-refractivity contribution in [3.05, 3.63) is 47.8 Å². The van der Waals surface area contributed by atoms with Crippen molar-refractivity contribution in [1.82, 2.24) is 0 Å². The number of benzene rings is 1. The highest BCUT2D eigenvalue weighted by molar-refractivity contribution is 5.19. The zero-order valence-corrected chi connectivity index (χ0v) is 11.0. The third-order valence-corrected chi connectivity index (χ3v) is 4.11. The van der Waals surface area contributed by atoms with Crippen LogP contribution < -0.4 is 0 Å². The fraction of sp³-hybridized carbons (Fsp3) is 0.500. The van der Waals surface area contributed by atoms with E-state index < -0.39 is 17.5 Å². The molecule has 0 aliphatic heterocycles. The summed E-state index contributed by atoms with van der Waals surface area (Å²) in [5, 5.41) is 0. The molecule has 0 nitrogen and oxygen atoms in total. The largest absolute Gasteiger partial charge is 0.204 e. The van der Waals surface area contributed by atoms with Crippen LogP contribution in [0.15, 0.2) is 24.8 Å². The van der Waals surface area contributed by atoms with Crippen LogP contribution in [-0.4, -0.2) is 0 Å². The van der Waals surface area contributed by atoms with Crippen LogP contribution >= 0.6 is 0 Å². The molecule has 0 bridgehead atoms. The third-order valence-electron chi connectivity index (χ3n) is 4.11. The first-order chi connectivity index (χ1) is 9.10. The standard InChI is InChI=1S/C16H19F3/c1-2-11-3-5-12(6-4-11)7-8-13-9-14(17)16(19)15(18)10-13/h2,9-12H,1,3-8H2/t11-,12-. The molecule has 104 valence electrons. The van der Waals surface area contributed by atoms with Crippen LogP contribution in [0.2, 0.25) is 0 Å². The van der Waals surface area contributed by atoms with Gasteiger partial charge in [-0.3, -0.25) is 0 Å². The fourth-order valence-electron chi connectivity index (χ4n) is 2.84. The van der Waals surface area contributed by atoms with Crippen LogP contribution in [0.4, 0.5) is 13.2 Å². The molecule has 3 heteroatoms. The molecule has 0 N–H and O–H groups in total. The SMILES string of the molecule is C=C[C@H]1CC[C@H](CCc2cc(F)c(F)c(F)c2)CC1. The van der Waals surface area contributed by atoms with E-state index in [-0.39, 0.29) is 0 Å². The van der Waals surface area contributed by atoms with Gasteiger partial charge in [-0.15, -0.1) is 6.58 Å². The molecule has 1 aromatic carbocycles. The molecule has 0 unspecified atom stereocenters. The van der Waals surface area contributed by atoms with Gasteiger partial charge in [-0.1, -0.05) is 6.08 Å². The van der Waals surface area contributed by atoms with Crippen LogP contribution in [-0.2, 0) is 6.42 Å². The van der Waals surface area contributed by atoms with E-state index in [1.807, 2.05) is 6.08 Å². The van der Waals surface area contributed by atoms with Crippen molar-refractivity contribution in [3.63, 3.8) is 0 Å². The van der Waals surface area contributed by atoms with Gasteiger partial charge < -0.3 is 0 Å². The summed E-state index contributed by atoms with van der Waals surface area (Å²) in [6, 6.07) is 2.21. The topological polar surface area (TPSA) is 0 Å². The normalized spacial score (nSPS) is 23.3. The second kappa shape index (κ2) is 6.27. The first kappa shape index (κ1) is 14.2. The molecule has 2 rings (SSSR count). The zero-order chi connectivity index (χ0) is 13.8. The average Bonchev–Trinajstić information content (AvgIpc) is 2.43. The van der Waals surface area contributed by atoms with Crippen LogP contribution in [0.3, 0.4) is 0 Å². The number of hydrogen-bond donors (Lipinski definition) is 0. The Morgan fingerprint density at radius 3 is 2.16 bits per heavy atom. The summed E-state index contributed by atoms with van der Waals surface area (Å²) in [5.41, 5.74) is 0.544. The van der Waals surface area contributed by atoms with E-state index in [1.165, 1.54) is 0 Å². The van der Waals surface area contributed by atoms with E-state index in [4.69, 9.17) is 0 Å². The number of halogens is 3. The Morgan fingerprint density at radius 1 is 1.05 bits per heavy atom. The Morgan fingerprint density at radius 2 is 1.63 bits per heavy atom. The van der Waals surface area contributed by atoms with E-state index in [9.17, 15) is 13.2 Å². The van der Waals surface area contributed by atoms with Crippen molar-refractivity contribution in [1.29, 1.82) is 0 Å². The lowest BCUT2D eigenvalue weighted by Gasteiger charge is -2.26. The van der Waals surface area contributed by atoms with Crippen LogP contribution in [0.25, 0.3) is 0 Å². The van der Waals surface area contributed by atoms with Gasteiger partial charge >= 0.3 is 0 Å². The smallest absolute Gasteiger partial charge is 0.194 e. The minimum atomic E-state index is -1.38. The van der Waals surface area contributed by atoms with E-state index in [0.29, 0.717) is 23.8 Å². The third kappa shape index (κ3) is 3.62. The molecule has 1 fully saturated rings. The number of rotatable bonds is 4. The summed E-state index contributed by atoms with van der Waals surface area (Å²) < 4.78 is 39.0. The predicted molar refractivity (Wildman–Crippen MR) is 70.3 cm³/mol. The Kier molecular flexibility index (Phi) is 4.67. The van der Waals surface area contributed by atoms with E-state index >= 15 is 0 Å². The van der Waals surface area contributed by atoms with Crippen molar-refractivity contribution in [2.45, 2.75) is 38.5 Å². The molecule has 1 aromatic rings. The van der Waals surface area contributed by atoms with E-state index in [0.717, 1.165) is 44.2 Å². The lowest BCUT2D eigenvalue weighted by atomic mass is 9.79. The quantitative estimate of drug-likeness (QED) is 0.530. The molecule has 0 heterocycles. The van der Waals surface area contributed by atoms with Crippen molar-refractivity contribution >= 4 is 0 Å². The minimum absolute atomic E-state index is 0.544. The Bertz CT molecular complexity index is 422. The van der Waals surface area contributed by atoms with Crippen LogP contribution in [0.5, 0.6) is 0 Å². The van der Waals surface area contributed by atoms with Crippen molar-refractivity contribution < 1.29 is 13.2 Å². The first-order valence-corrected chi connectivity index (χ1v) is 6.86. The molecule has 0 saturated heterocycles. The lowest BCUT2D eigenvalue weighted by molar-refractivity contribution is 0.296. The summed E-state index contributed by atoms with van der Waals surface area (Å²) in [6.07, 6.45) is 8.12. The van der Waals surface area contributed by atoms with Gasteiger partial charge in [0.15, 0.2) is 17.5 Å². The molecule has 0 radical (unpaired) electrons. The first-order valence-electron chi connectivity index (χ1n) is 6.86. The van der Waals surface area contributed by atoms with Crippen LogP contribution in [0.1, 0.15) is 37.7 Å². The zero-order valence-electron chi connectivity index (χ0n) is 11.0. The molecule has 0 atom stereocenters. The highest BCUT2D eigenvalue weighted by Crippen LogP contribution is 2.32. The summed E-state index contributed by atoms with van der Waals surface area (Å²) in [4.78, 5) is 0. The maximum absolute atomic E-state index is 13.1. The van der Waals surface area contributed by atoms with E-state index in [2.05, 4.69) is 6.58 Å². The Labute approximate surface area is 112 Å². The monoisotopic (exact) mass is 268 g/mol. The summed E-state index contributed by atoms with van der Waals surface area (Å²) in [6.45, 7) is 3.81. The number of allylic oxidation sites excluding steroid dienone is 1. The van der Waals surface area contributed by atoms with Crippen molar-refractivity contribution in [3.8, 4) is 0 Å². The molecular weight excluding hydrogens is 249 g/mol. The molecular formula is C16H19F3. The molecule has 1 saturated carbocycles. The fourth-order valence-corrected chi connectivity index (χ4v) is 2.84. The highest BCUT2D eigenvalue weighted by Gasteiger charge is 2.19. The Balaban J connectivity index is 1.88. The van der Waals surface area contributed by atoms with Gasteiger partial charge in [0, 0.05) is 0 Å². The van der Waals surface area contributed by atoms with Gasteiger partial charge in [-0.2, -0.15) is 0 Å². The second-order valence-corrected chi connectivity index (χ2v) is 5.43. The van der Waals surface area contributed by atoms with Gasteiger partial charge in [0.25, 0.3) is 0 Å². The molecule has 19 heavy (non-hydrogen) atoms. The molecule has 0 amide bonds. The molecule has 0 aromatic heterocycles. The van der Waals surface area contributed by atoms with Gasteiger partial charge in [0.2, 0.25) is 0 Å². The van der Waals surface area contributed by atoms with E-state index in [1.54, 1.807) is 0 Å². The van der Waals surface area contributed by atoms with Gasteiger partial charge in [-0.25, -0.2) is 13.2 Å². The minimum Gasteiger partial charge on any atom is -0.204 e. The predicted octanol–water partition coefficient (Wildman–Crippen LogP) is 5.03. The van der Waals surface area contributed by atoms with Gasteiger partial charge in [-0.05, 0) is 68.1 Å². The summed E-state index contributed by atoms with van der Waals surface area (Å²) in [5.74, 6) is -2.34. The maximum atomic E-state index is 13.1. The summed E-state index contributed by atoms with van der Waals surface area (Å²) in [7, 11) is 0. The average molecular weight is 268 g/mol. The van der Waals surface area contributed by atoms with Gasteiger partial charge in [0.05, 0.1) is 0 Å². The maximum Gasteiger partial charge on any atom is 0.194 e. The van der Waals surface area contributed by atoms with Crippen LogP contribution in [0, 0.1) is 29.3 Å². The molecule has 0 spiro atoms. The lowest BCUT2D eigenvalue weighted by Crippen LogP contribution is -2.13. The number of hydrogen-bond acceptors (Lipinski definition) is 0. The molecule has 1 aliphatic carbocycles.